The van der Waals surface area contributed by atoms with Crippen molar-refractivity contribution in [1.29, 1.82) is 0 Å². The SMILES string of the molecule is O=C(c1cnn2c1N[C@@H](c1ccccc1)C[C@H]2C(F)(F)F)N1CCN(C(c2ccccc2)c2cc(Cl)cc(Cl)c2)CC1. The predicted molar refractivity (Wildman–Crippen MR) is 157 cm³/mol. The normalized spacial score (nSPS) is 20.1. The number of rotatable bonds is 5. The number of benzene rings is 3. The first-order valence-corrected chi connectivity index (χ1v) is 14.4. The summed E-state index contributed by atoms with van der Waals surface area (Å²) in [5.74, 6) is -0.249. The van der Waals surface area contributed by atoms with Gasteiger partial charge in [0.15, 0.2) is 6.04 Å². The summed E-state index contributed by atoms with van der Waals surface area (Å²) in [6.45, 7) is 1.88. The van der Waals surface area contributed by atoms with Crippen LogP contribution in [0.15, 0.2) is 85.1 Å². The Morgan fingerprint density at radius 1 is 0.881 bits per heavy atom. The minimum absolute atomic E-state index is 0.0978. The molecule has 3 heterocycles. The van der Waals surface area contributed by atoms with Crippen molar-refractivity contribution in [2.75, 3.05) is 31.5 Å². The summed E-state index contributed by atoms with van der Waals surface area (Å²) >= 11 is 12.7. The molecule has 42 heavy (non-hydrogen) atoms. The number of carbonyl (C=O) groups is 1. The summed E-state index contributed by atoms with van der Waals surface area (Å²) in [5, 5.41) is 8.30. The summed E-state index contributed by atoms with van der Waals surface area (Å²) in [6.07, 6.45) is -3.48. The fourth-order valence-electron chi connectivity index (χ4n) is 5.96. The Morgan fingerprint density at radius 2 is 1.50 bits per heavy atom. The molecule has 1 unspecified atom stereocenters. The molecule has 2 aliphatic rings. The van der Waals surface area contributed by atoms with Gasteiger partial charge in [0.25, 0.3) is 5.91 Å². The van der Waals surface area contributed by atoms with E-state index in [9.17, 15) is 18.0 Å². The van der Waals surface area contributed by atoms with Gasteiger partial charge in [-0.05, 0) is 34.9 Å². The van der Waals surface area contributed by atoms with Crippen LogP contribution in [-0.4, -0.2) is 57.8 Å². The maximum Gasteiger partial charge on any atom is 0.410 e. The Kier molecular flexibility index (Phi) is 7.91. The third-order valence-corrected chi connectivity index (χ3v) is 8.39. The van der Waals surface area contributed by atoms with E-state index in [0.29, 0.717) is 36.2 Å². The van der Waals surface area contributed by atoms with Crippen LogP contribution in [-0.2, 0) is 0 Å². The number of amides is 1. The molecule has 1 fully saturated rings. The number of nitrogens with zero attached hydrogens (tertiary/aromatic N) is 4. The van der Waals surface area contributed by atoms with E-state index in [0.717, 1.165) is 21.4 Å². The highest BCUT2D eigenvalue weighted by Crippen LogP contribution is 2.44. The van der Waals surface area contributed by atoms with Crippen molar-refractivity contribution in [1.82, 2.24) is 19.6 Å². The zero-order valence-corrected chi connectivity index (χ0v) is 23.9. The van der Waals surface area contributed by atoms with Crippen LogP contribution in [0.5, 0.6) is 0 Å². The van der Waals surface area contributed by atoms with Crippen LogP contribution in [0.2, 0.25) is 10.0 Å². The van der Waals surface area contributed by atoms with Crippen LogP contribution in [0.4, 0.5) is 19.0 Å². The monoisotopic (exact) mass is 613 g/mol. The lowest BCUT2D eigenvalue weighted by molar-refractivity contribution is -0.173. The number of piperazine rings is 1. The molecule has 6 nitrogen and oxygen atoms in total. The highest BCUT2D eigenvalue weighted by molar-refractivity contribution is 6.34. The summed E-state index contributed by atoms with van der Waals surface area (Å²) in [4.78, 5) is 17.7. The second-order valence-corrected chi connectivity index (χ2v) is 11.5. The molecule has 0 bridgehead atoms. The van der Waals surface area contributed by atoms with Gasteiger partial charge in [-0.3, -0.25) is 9.69 Å². The Morgan fingerprint density at radius 3 is 2.12 bits per heavy atom. The zero-order valence-electron chi connectivity index (χ0n) is 22.4. The van der Waals surface area contributed by atoms with Gasteiger partial charge >= 0.3 is 6.18 Å². The Balaban J connectivity index is 1.24. The number of aromatic nitrogens is 2. The number of nitrogens with one attached hydrogen (secondary N) is 1. The maximum atomic E-state index is 14.1. The van der Waals surface area contributed by atoms with E-state index in [2.05, 4.69) is 15.3 Å². The van der Waals surface area contributed by atoms with Crippen LogP contribution in [0.25, 0.3) is 0 Å². The van der Waals surface area contributed by atoms with Crippen molar-refractivity contribution in [2.24, 2.45) is 0 Å². The van der Waals surface area contributed by atoms with Crippen molar-refractivity contribution in [3.63, 3.8) is 0 Å². The van der Waals surface area contributed by atoms with E-state index in [1.807, 2.05) is 48.5 Å². The Hall–Kier alpha value is -3.53. The van der Waals surface area contributed by atoms with Gasteiger partial charge in [0, 0.05) is 42.6 Å². The lowest BCUT2D eigenvalue weighted by Gasteiger charge is -2.40. The molecule has 6 rings (SSSR count). The van der Waals surface area contributed by atoms with Gasteiger partial charge in [0.1, 0.15) is 11.4 Å². The van der Waals surface area contributed by atoms with Crippen molar-refractivity contribution < 1.29 is 18.0 Å². The molecule has 4 aromatic rings. The summed E-state index contributed by atoms with van der Waals surface area (Å²) in [5.41, 5.74) is 2.87. The number of halogens is 5. The number of anilines is 1. The van der Waals surface area contributed by atoms with E-state index in [4.69, 9.17) is 23.2 Å². The van der Waals surface area contributed by atoms with E-state index in [1.165, 1.54) is 6.20 Å². The first-order valence-electron chi connectivity index (χ1n) is 13.7. The Labute approximate surface area is 251 Å². The minimum Gasteiger partial charge on any atom is -0.363 e. The van der Waals surface area contributed by atoms with Gasteiger partial charge in [-0.1, -0.05) is 83.9 Å². The molecular weight excluding hydrogens is 586 g/mol. The van der Waals surface area contributed by atoms with Crippen LogP contribution < -0.4 is 5.32 Å². The van der Waals surface area contributed by atoms with Crippen LogP contribution >= 0.6 is 23.2 Å². The summed E-state index contributed by atoms with van der Waals surface area (Å²) in [6, 6.07) is 21.9. The molecule has 0 saturated carbocycles. The molecule has 1 amide bonds. The first-order chi connectivity index (χ1) is 20.2. The minimum atomic E-state index is -4.52. The molecule has 2 aliphatic heterocycles. The molecule has 0 spiro atoms. The topological polar surface area (TPSA) is 53.4 Å². The van der Waals surface area contributed by atoms with Gasteiger partial charge < -0.3 is 10.2 Å². The lowest BCUT2D eigenvalue weighted by atomic mass is 9.96. The second kappa shape index (κ2) is 11.6. The van der Waals surface area contributed by atoms with E-state index in [-0.39, 0.29) is 29.8 Å². The van der Waals surface area contributed by atoms with Gasteiger partial charge in [-0.25, -0.2) is 4.68 Å². The third kappa shape index (κ3) is 5.73. The highest BCUT2D eigenvalue weighted by atomic mass is 35.5. The van der Waals surface area contributed by atoms with E-state index < -0.39 is 18.3 Å². The second-order valence-electron chi connectivity index (χ2n) is 10.6. The number of fused-ring (bicyclic) bond motifs is 1. The molecule has 1 aromatic heterocycles. The van der Waals surface area contributed by atoms with Gasteiger partial charge in [-0.2, -0.15) is 18.3 Å². The van der Waals surface area contributed by atoms with Crippen LogP contribution in [0.3, 0.4) is 0 Å². The quantitative estimate of drug-likeness (QED) is 0.255. The highest BCUT2D eigenvalue weighted by Gasteiger charge is 2.47. The Bertz CT molecular complexity index is 1540. The number of carbonyl (C=O) groups excluding carboxylic acids is 1. The molecule has 3 atom stereocenters. The number of hydrogen-bond acceptors (Lipinski definition) is 4. The third-order valence-electron chi connectivity index (χ3n) is 7.95. The molecular formula is C31H28Cl2F3N5O. The first kappa shape index (κ1) is 28.6. The molecule has 0 aliphatic carbocycles. The zero-order chi connectivity index (χ0) is 29.4. The number of hydrogen-bond donors (Lipinski definition) is 1. The van der Waals surface area contributed by atoms with E-state index >= 15 is 0 Å². The van der Waals surface area contributed by atoms with E-state index in [1.54, 1.807) is 35.2 Å². The molecule has 1 saturated heterocycles. The fourth-order valence-corrected chi connectivity index (χ4v) is 6.50. The summed E-state index contributed by atoms with van der Waals surface area (Å²) in [7, 11) is 0. The van der Waals surface area contributed by atoms with Crippen molar-refractivity contribution in [3.05, 3.63) is 117 Å². The average Bonchev–Trinajstić information content (AvgIpc) is 3.41. The predicted octanol–water partition coefficient (Wildman–Crippen LogP) is 7.40. The molecule has 1 N–H and O–H groups in total. The molecule has 3 aromatic carbocycles. The smallest absolute Gasteiger partial charge is 0.363 e. The average molecular weight is 614 g/mol. The fraction of sp³-hybridized carbons (Fsp3) is 0.290. The molecule has 218 valence electrons. The maximum absolute atomic E-state index is 14.1. The largest absolute Gasteiger partial charge is 0.410 e. The van der Waals surface area contributed by atoms with Gasteiger partial charge in [-0.15, -0.1) is 0 Å². The number of alkyl halides is 3. The van der Waals surface area contributed by atoms with Crippen LogP contribution in [0, 0.1) is 0 Å². The van der Waals surface area contributed by atoms with Crippen molar-refractivity contribution >= 4 is 34.9 Å². The van der Waals surface area contributed by atoms with Crippen LogP contribution in [0.1, 0.15) is 51.6 Å². The molecule has 0 radical (unpaired) electrons. The lowest BCUT2D eigenvalue weighted by Crippen LogP contribution is -2.50. The standard InChI is InChI=1S/C31H28Cl2F3N5O/c32-23-15-22(16-24(33)17-23)28(21-9-5-2-6-10-21)39-11-13-40(14-12-39)30(42)25-19-37-41-27(31(34,35)36)18-26(38-29(25)41)20-7-3-1-4-8-20/h1-10,15-17,19,26-28,38H,11-14,18H2/t26-,27+,28?/m1/s1. The molecule has 11 heteroatoms. The van der Waals surface area contributed by atoms with Gasteiger partial charge in [0.2, 0.25) is 0 Å². The van der Waals surface area contributed by atoms with Gasteiger partial charge in [0.05, 0.1) is 18.3 Å². The van der Waals surface area contributed by atoms with Crippen molar-refractivity contribution in [3.8, 4) is 0 Å². The van der Waals surface area contributed by atoms with Crippen molar-refractivity contribution in [2.45, 2.75) is 30.7 Å². The summed E-state index contributed by atoms with van der Waals surface area (Å²) < 4.78 is 43.3.